The molecule has 1 saturated carbocycles. The highest BCUT2D eigenvalue weighted by molar-refractivity contribution is 5.93. The molecule has 2 aliphatic rings. The van der Waals surface area contributed by atoms with Crippen molar-refractivity contribution < 1.29 is 4.84 Å². The minimum absolute atomic E-state index is 0.267. The molecule has 12 heavy (non-hydrogen) atoms. The van der Waals surface area contributed by atoms with E-state index in [0.29, 0.717) is 12.0 Å². The van der Waals surface area contributed by atoms with E-state index in [1.165, 1.54) is 0 Å². The van der Waals surface area contributed by atoms with Crippen molar-refractivity contribution in [2.45, 2.75) is 18.5 Å². The Morgan fingerprint density at radius 1 is 1.67 bits per heavy atom. The zero-order chi connectivity index (χ0) is 8.72. The molecule has 0 aromatic rings. The minimum Gasteiger partial charge on any atom is -0.399 e. The lowest BCUT2D eigenvalue weighted by molar-refractivity contribution is 0.206. The zero-order valence-corrected chi connectivity index (χ0v) is 7.53. The highest BCUT2D eigenvalue weighted by Gasteiger charge is 2.47. The van der Waals surface area contributed by atoms with Crippen LogP contribution in [0.25, 0.3) is 0 Å². The van der Waals surface area contributed by atoms with Gasteiger partial charge in [-0.05, 0) is 19.4 Å². The zero-order valence-electron chi connectivity index (χ0n) is 7.53. The van der Waals surface area contributed by atoms with Crippen LogP contribution >= 0.6 is 0 Å². The molecule has 1 aliphatic carbocycles. The van der Waals surface area contributed by atoms with Crippen molar-refractivity contribution in [3.05, 3.63) is 0 Å². The molecule has 0 spiro atoms. The van der Waals surface area contributed by atoms with Crippen LogP contribution in [0.15, 0.2) is 5.16 Å². The maximum atomic E-state index is 6.02. The molecule has 1 heterocycles. The van der Waals surface area contributed by atoms with E-state index in [2.05, 4.69) is 17.1 Å². The number of likely N-dealkylation sites (N-methyl/N-ethyl adjacent to an activating group) is 1. The lowest BCUT2D eigenvalue weighted by Gasteiger charge is -2.22. The highest BCUT2D eigenvalue weighted by Crippen LogP contribution is 2.33. The molecule has 4 heteroatoms. The predicted molar refractivity (Wildman–Crippen MR) is 46.9 cm³/mol. The summed E-state index contributed by atoms with van der Waals surface area (Å²) in [6.07, 6.45) is 1.02. The van der Waals surface area contributed by atoms with E-state index >= 15 is 0 Å². The maximum absolute atomic E-state index is 6.02. The molecular weight excluding hydrogens is 154 g/mol. The van der Waals surface area contributed by atoms with E-state index in [0.717, 1.165) is 18.7 Å². The molecule has 68 valence electrons. The molecule has 0 radical (unpaired) electrons. The van der Waals surface area contributed by atoms with E-state index in [4.69, 9.17) is 10.6 Å². The van der Waals surface area contributed by atoms with Gasteiger partial charge in [0.1, 0.15) is 7.11 Å². The molecule has 0 amide bonds. The molecule has 3 unspecified atom stereocenters. The molecular formula is C8H15N3O. The summed E-state index contributed by atoms with van der Waals surface area (Å²) in [6.45, 7) is 1.11. The number of fused-ring (bicyclic) bond motifs is 2. The first-order chi connectivity index (χ1) is 5.74. The van der Waals surface area contributed by atoms with Crippen LogP contribution in [0.2, 0.25) is 0 Å². The Hall–Kier alpha value is -0.610. The van der Waals surface area contributed by atoms with Gasteiger partial charge in [0.2, 0.25) is 0 Å². The molecule has 4 nitrogen and oxygen atoms in total. The van der Waals surface area contributed by atoms with Gasteiger partial charge in [-0.25, -0.2) is 0 Å². The second-order valence-electron chi connectivity index (χ2n) is 3.69. The number of oxime groups is 1. The summed E-state index contributed by atoms with van der Waals surface area (Å²) >= 11 is 0. The van der Waals surface area contributed by atoms with Gasteiger partial charge in [0, 0.05) is 12.6 Å². The van der Waals surface area contributed by atoms with Gasteiger partial charge in [0.15, 0.2) is 0 Å². The van der Waals surface area contributed by atoms with Crippen LogP contribution in [0, 0.1) is 5.92 Å². The Labute approximate surface area is 72.3 Å². The first-order valence-corrected chi connectivity index (χ1v) is 4.29. The normalized spacial score (nSPS) is 44.2. The molecule has 3 atom stereocenters. The SMILES string of the molecule is CO/N=C1\CC2CN(C)C1C2N. The van der Waals surface area contributed by atoms with Crippen molar-refractivity contribution in [3.8, 4) is 0 Å². The molecule has 2 N–H and O–H groups in total. The predicted octanol–water partition coefficient (Wildman–Crippen LogP) is -0.350. The number of hydrogen-bond acceptors (Lipinski definition) is 4. The standard InChI is InChI=1S/C8H15N3O/c1-11-4-5-3-6(10-12-2)8(11)7(5)9/h5,7-8H,3-4,9H2,1-2H3/b10-6+. The third kappa shape index (κ3) is 0.949. The molecule has 0 aromatic heterocycles. The molecule has 1 aliphatic heterocycles. The smallest absolute Gasteiger partial charge is 0.106 e. The Kier molecular flexibility index (Phi) is 1.81. The van der Waals surface area contributed by atoms with Gasteiger partial charge >= 0.3 is 0 Å². The third-order valence-corrected chi connectivity index (χ3v) is 2.93. The Morgan fingerprint density at radius 3 is 2.92 bits per heavy atom. The van der Waals surface area contributed by atoms with Crippen molar-refractivity contribution in [3.63, 3.8) is 0 Å². The molecule has 1 saturated heterocycles. The number of hydrogen-bond donors (Lipinski definition) is 1. The quantitative estimate of drug-likeness (QED) is 0.546. The summed E-state index contributed by atoms with van der Waals surface area (Å²) in [5.41, 5.74) is 7.13. The summed E-state index contributed by atoms with van der Waals surface area (Å²) in [5.74, 6) is 0.592. The lowest BCUT2D eigenvalue weighted by Crippen LogP contribution is -2.40. The monoisotopic (exact) mass is 169 g/mol. The van der Waals surface area contributed by atoms with Crippen molar-refractivity contribution in [2.75, 3.05) is 20.7 Å². The van der Waals surface area contributed by atoms with Crippen molar-refractivity contribution in [1.29, 1.82) is 0 Å². The molecule has 2 rings (SSSR count). The molecule has 0 aromatic carbocycles. The topological polar surface area (TPSA) is 50.8 Å². The van der Waals surface area contributed by atoms with Gasteiger partial charge in [-0.3, -0.25) is 4.90 Å². The first kappa shape index (κ1) is 8.01. The Bertz CT molecular complexity index is 216. The summed E-state index contributed by atoms with van der Waals surface area (Å²) in [4.78, 5) is 7.04. The van der Waals surface area contributed by atoms with E-state index in [1.807, 2.05) is 0 Å². The van der Waals surface area contributed by atoms with Crippen LogP contribution in [-0.2, 0) is 4.84 Å². The largest absolute Gasteiger partial charge is 0.399 e. The van der Waals surface area contributed by atoms with E-state index < -0.39 is 0 Å². The lowest BCUT2D eigenvalue weighted by atomic mass is 10.1. The van der Waals surface area contributed by atoms with Gasteiger partial charge in [-0.15, -0.1) is 0 Å². The van der Waals surface area contributed by atoms with Crippen LogP contribution in [0.1, 0.15) is 6.42 Å². The number of nitrogens with two attached hydrogens (primary N) is 1. The van der Waals surface area contributed by atoms with E-state index in [1.54, 1.807) is 7.11 Å². The second-order valence-corrected chi connectivity index (χ2v) is 3.69. The minimum atomic E-state index is 0.267. The number of nitrogens with zero attached hydrogens (tertiary/aromatic N) is 2. The van der Waals surface area contributed by atoms with Crippen LogP contribution in [-0.4, -0.2) is 43.4 Å². The van der Waals surface area contributed by atoms with Crippen molar-refractivity contribution in [2.24, 2.45) is 16.8 Å². The number of likely N-dealkylation sites (tertiary alicyclic amines) is 1. The van der Waals surface area contributed by atoms with Crippen molar-refractivity contribution in [1.82, 2.24) is 4.90 Å². The second kappa shape index (κ2) is 2.71. The fourth-order valence-corrected chi connectivity index (χ4v) is 2.43. The molecule has 2 fully saturated rings. The summed E-state index contributed by atoms with van der Waals surface area (Å²) in [7, 11) is 3.68. The van der Waals surface area contributed by atoms with Crippen molar-refractivity contribution >= 4 is 5.71 Å². The summed E-state index contributed by atoms with van der Waals surface area (Å²) < 4.78 is 0. The fourth-order valence-electron chi connectivity index (χ4n) is 2.43. The molecule has 2 bridgehead atoms. The van der Waals surface area contributed by atoms with Crippen LogP contribution in [0.4, 0.5) is 0 Å². The van der Waals surface area contributed by atoms with E-state index in [9.17, 15) is 0 Å². The van der Waals surface area contributed by atoms with Gasteiger partial charge in [-0.1, -0.05) is 5.16 Å². The Morgan fingerprint density at radius 2 is 2.42 bits per heavy atom. The maximum Gasteiger partial charge on any atom is 0.106 e. The van der Waals surface area contributed by atoms with Crippen LogP contribution in [0.3, 0.4) is 0 Å². The van der Waals surface area contributed by atoms with Gasteiger partial charge in [0.05, 0.1) is 11.8 Å². The van der Waals surface area contributed by atoms with Crippen LogP contribution in [0.5, 0.6) is 0 Å². The average molecular weight is 169 g/mol. The number of piperidine rings is 1. The van der Waals surface area contributed by atoms with Gasteiger partial charge < -0.3 is 10.6 Å². The Balaban J connectivity index is 2.20. The first-order valence-electron chi connectivity index (χ1n) is 4.29. The number of rotatable bonds is 1. The fraction of sp³-hybridized carbons (Fsp3) is 0.875. The highest BCUT2D eigenvalue weighted by atomic mass is 16.6. The summed E-state index contributed by atoms with van der Waals surface area (Å²) in [6, 6.07) is 0.596. The third-order valence-electron chi connectivity index (χ3n) is 2.93. The summed E-state index contributed by atoms with van der Waals surface area (Å²) in [5, 5.41) is 4.00. The van der Waals surface area contributed by atoms with E-state index in [-0.39, 0.29) is 6.04 Å². The van der Waals surface area contributed by atoms with Gasteiger partial charge in [0.25, 0.3) is 0 Å². The van der Waals surface area contributed by atoms with Gasteiger partial charge in [-0.2, -0.15) is 0 Å². The van der Waals surface area contributed by atoms with Crippen LogP contribution < -0.4 is 5.73 Å². The average Bonchev–Trinajstić information content (AvgIpc) is 2.42.